The Morgan fingerprint density at radius 2 is 1.30 bits per heavy atom. The molecule has 0 saturated heterocycles. The van der Waals surface area contributed by atoms with Gasteiger partial charge in [0, 0.05) is 21.7 Å². The van der Waals surface area contributed by atoms with Gasteiger partial charge in [0.15, 0.2) is 0 Å². The highest BCUT2D eigenvalue weighted by atomic mass is 32.2. The van der Waals surface area contributed by atoms with Crippen LogP contribution < -0.4 is 10.6 Å². The SMILES string of the molecule is O=S(=O)(O)c1cc(S(=O)(=O)O)c2ccc(Nc3nc(Nc4ccc(SOOO)cc4)nc(S(=O)(=O)O)n3)cc2c1. The molecule has 17 nitrogen and oxygen atoms in total. The number of anilines is 4. The molecule has 40 heavy (non-hydrogen) atoms. The zero-order chi connectivity index (χ0) is 29.3. The fourth-order valence-corrected chi connectivity index (χ4v) is 5.36. The largest absolute Gasteiger partial charge is 0.330 e. The normalized spacial score (nSPS) is 12.4. The maximum atomic E-state index is 11.8. The van der Waals surface area contributed by atoms with Crippen molar-refractivity contribution in [2.24, 2.45) is 0 Å². The van der Waals surface area contributed by atoms with Crippen molar-refractivity contribution in [2.75, 3.05) is 10.6 Å². The number of aromatic nitrogens is 3. The minimum atomic E-state index is -4.92. The molecule has 0 spiro atoms. The van der Waals surface area contributed by atoms with E-state index >= 15 is 0 Å². The van der Waals surface area contributed by atoms with Crippen molar-refractivity contribution in [3.63, 3.8) is 0 Å². The molecule has 0 radical (unpaired) electrons. The number of nitrogens with zero attached hydrogens (tertiary/aromatic N) is 3. The molecule has 1 aromatic heterocycles. The summed E-state index contributed by atoms with van der Waals surface area (Å²) in [5.74, 6) is -0.741. The third-order valence-corrected chi connectivity index (χ3v) is 7.80. The number of benzene rings is 3. The van der Waals surface area contributed by atoms with Crippen molar-refractivity contribution < 1.29 is 53.5 Å². The van der Waals surface area contributed by atoms with Crippen LogP contribution in [0.2, 0.25) is 0 Å². The van der Waals surface area contributed by atoms with Crippen molar-refractivity contribution >= 4 is 76.4 Å². The Bertz CT molecular complexity index is 1920. The first-order valence-corrected chi connectivity index (χ1v) is 15.2. The summed E-state index contributed by atoms with van der Waals surface area (Å²) in [6.45, 7) is 0. The third-order valence-electron chi connectivity index (χ3n) is 4.84. The van der Waals surface area contributed by atoms with Gasteiger partial charge in [-0.25, -0.2) is 5.26 Å². The van der Waals surface area contributed by atoms with Crippen LogP contribution in [0, 0.1) is 0 Å². The molecule has 0 fully saturated rings. The number of hydrogen-bond acceptors (Lipinski definition) is 15. The molecule has 0 aliphatic heterocycles. The maximum absolute atomic E-state index is 11.8. The Morgan fingerprint density at radius 3 is 1.85 bits per heavy atom. The summed E-state index contributed by atoms with van der Waals surface area (Å²) in [5, 5.41) is 15.9. The summed E-state index contributed by atoms with van der Waals surface area (Å²) >= 11 is 0.692. The first-order valence-electron chi connectivity index (χ1n) is 10.2. The molecular formula is C19H15N5O12S4. The monoisotopic (exact) mass is 633 g/mol. The molecule has 0 saturated carbocycles. The molecule has 0 aliphatic carbocycles. The van der Waals surface area contributed by atoms with Gasteiger partial charge in [0.2, 0.25) is 11.9 Å². The van der Waals surface area contributed by atoms with Crippen molar-refractivity contribution in [2.45, 2.75) is 19.8 Å². The lowest BCUT2D eigenvalue weighted by atomic mass is 10.1. The van der Waals surface area contributed by atoms with E-state index in [1.165, 1.54) is 42.5 Å². The topological polar surface area (TPSA) is 265 Å². The van der Waals surface area contributed by atoms with E-state index in [9.17, 15) is 38.9 Å². The van der Waals surface area contributed by atoms with Crippen molar-refractivity contribution in [3.8, 4) is 0 Å². The molecule has 0 aliphatic rings. The molecule has 0 bridgehead atoms. The van der Waals surface area contributed by atoms with Crippen LogP contribution in [-0.4, -0.2) is 59.1 Å². The Labute approximate surface area is 229 Å². The van der Waals surface area contributed by atoms with Crippen molar-refractivity contribution in [1.29, 1.82) is 0 Å². The summed E-state index contributed by atoms with van der Waals surface area (Å²) in [4.78, 5) is 10.2. The average Bonchev–Trinajstić information content (AvgIpc) is 2.85. The number of hydrogen-bond donors (Lipinski definition) is 6. The van der Waals surface area contributed by atoms with Crippen molar-refractivity contribution in [3.05, 3.63) is 54.6 Å². The van der Waals surface area contributed by atoms with Crippen LogP contribution in [0.25, 0.3) is 10.8 Å². The molecular weight excluding hydrogens is 619 g/mol. The molecule has 0 unspecified atom stereocenters. The Kier molecular flexibility index (Phi) is 8.23. The average molecular weight is 634 g/mol. The van der Waals surface area contributed by atoms with Crippen molar-refractivity contribution in [1.82, 2.24) is 15.0 Å². The minimum Gasteiger partial charge on any atom is -0.324 e. The third kappa shape index (κ3) is 7.16. The van der Waals surface area contributed by atoms with Crippen LogP contribution in [0.5, 0.6) is 0 Å². The second kappa shape index (κ2) is 11.2. The Balaban J connectivity index is 1.73. The number of fused-ring (bicyclic) bond motifs is 1. The van der Waals surface area contributed by atoms with Crippen LogP contribution in [0.15, 0.2) is 74.4 Å². The standard InChI is InChI=1S/C19H15N5O12S4/c25-35-36-37-13-4-1-11(2-5-13)20-17-22-18(24-19(23-17)40(32,33)34)21-12-3-6-15-10(7-12)8-14(38(26,27)28)9-16(15)39(29,30)31/h1-9,25H,(H,26,27,28)(H,29,30,31)(H,32,33,34)(H2,20,21,22,23,24). The zero-order valence-corrected chi connectivity index (χ0v) is 22.5. The summed E-state index contributed by atoms with van der Waals surface area (Å²) < 4.78 is 103. The highest BCUT2D eigenvalue weighted by Crippen LogP contribution is 2.30. The van der Waals surface area contributed by atoms with Gasteiger partial charge in [-0.1, -0.05) is 11.1 Å². The smallest absolute Gasteiger partial charge is 0.324 e. The van der Waals surface area contributed by atoms with Crippen LogP contribution in [0.1, 0.15) is 0 Å². The lowest BCUT2D eigenvalue weighted by Crippen LogP contribution is -2.11. The van der Waals surface area contributed by atoms with E-state index < -0.39 is 51.3 Å². The fourth-order valence-electron chi connectivity index (χ4n) is 3.24. The van der Waals surface area contributed by atoms with E-state index in [2.05, 4.69) is 35.0 Å². The van der Waals surface area contributed by atoms with Gasteiger partial charge < -0.3 is 10.6 Å². The second-order valence-corrected chi connectivity index (χ2v) is 12.4. The van der Waals surface area contributed by atoms with E-state index in [0.717, 1.165) is 6.07 Å². The molecule has 4 aromatic rings. The number of nitrogens with one attached hydrogen (secondary N) is 2. The van der Waals surface area contributed by atoms with E-state index in [1.54, 1.807) is 0 Å². The van der Waals surface area contributed by atoms with Gasteiger partial charge >= 0.3 is 10.1 Å². The van der Waals surface area contributed by atoms with Gasteiger partial charge in [-0.15, -0.1) is 4.33 Å². The lowest BCUT2D eigenvalue weighted by molar-refractivity contribution is -0.432. The molecule has 1 heterocycles. The van der Waals surface area contributed by atoms with E-state index in [-0.39, 0.29) is 22.4 Å². The van der Waals surface area contributed by atoms with Crippen LogP contribution in [0.3, 0.4) is 0 Å². The van der Waals surface area contributed by atoms with Gasteiger partial charge in [0.1, 0.15) is 4.90 Å². The van der Waals surface area contributed by atoms with E-state index in [1.807, 2.05) is 0 Å². The molecule has 21 heteroatoms. The van der Waals surface area contributed by atoms with Crippen LogP contribution in [-0.2, 0) is 39.7 Å². The van der Waals surface area contributed by atoms with Gasteiger partial charge in [0.05, 0.1) is 16.9 Å². The molecule has 0 amide bonds. The van der Waals surface area contributed by atoms with Gasteiger partial charge in [-0.2, -0.15) is 40.2 Å². The summed E-state index contributed by atoms with van der Waals surface area (Å²) in [6.07, 6.45) is 0. The van der Waals surface area contributed by atoms with Crippen LogP contribution >= 0.6 is 12.0 Å². The predicted molar refractivity (Wildman–Crippen MR) is 137 cm³/mol. The lowest BCUT2D eigenvalue weighted by Gasteiger charge is -2.11. The second-order valence-electron chi connectivity index (χ2n) is 7.55. The predicted octanol–water partition coefficient (Wildman–Crippen LogP) is 2.68. The minimum absolute atomic E-state index is 0.0660. The van der Waals surface area contributed by atoms with E-state index in [0.29, 0.717) is 28.7 Å². The Morgan fingerprint density at radius 1 is 0.700 bits per heavy atom. The van der Waals surface area contributed by atoms with Gasteiger partial charge in [0.25, 0.3) is 25.4 Å². The number of rotatable bonds is 10. The first kappa shape index (κ1) is 29.5. The summed E-state index contributed by atoms with van der Waals surface area (Å²) in [6, 6.07) is 11.3. The molecule has 4 rings (SSSR count). The van der Waals surface area contributed by atoms with Crippen LogP contribution in [0.4, 0.5) is 23.3 Å². The van der Waals surface area contributed by atoms with E-state index in [4.69, 9.17) is 5.26 Å². The molecule has 0 atom stereocenters. The highest BCUT2D eigenvalue weighted by Gasteiger charge is 2.21. The zero-order valence-electron chi connectivity index (χ0n) is 19.2. The van der Waals surface area contributed by atoms with Gasteiger partial charge in [-0.3, -0.25) is 13.7 Å². The molecule has 212 valence electrons. The molecule has 6 N–H and O–H groups in total. The summed E-state index contributed by atoms with van der Waals surface area (Å²) in [5.41, 5.74) is 0.432. The Hall–Kier alpha value is -3.51. The van der Waals surface area contributed by atoms with Gasteiger partial charge in [-0.05, 0) is 53.9 Å². The fraction of sp³-hybridized carbons (Fsp3) is 0. The quantitative estimate of drug-likeness (QED) is 0.0634. The maximum Gasteiger partial charge on any atom is 0.330 e. The highest BCUT2D eigenvalue weighted by molar-refractivity contribution is 7.94. The first-order chi connectivity index (χ1) is 18.6. The molecule has 3 aromatic carbocycles. The summed E-state index contributed by atoms with van der Waals surface area (Å²) in [7, 11) is -14.7.